The summed E-state index contributed by atoms with van der Waals surface area (Å²) in [5.74, 6) is 0. The van der Waals surface area contributed by atoms with Gasteiger partial charge in [0.25, 0.3) is 0 Å². The maximum Gasteiger partial charge on any atom is 0.101 e. The molecule has 2 aromatic carbocycles. The molecular formula is C13H7Br2ClN2. The number of rotatable bonds is 2. The van der Waals surface area contributed by atoms with Crippen LogP contribution in [0, 0.1) is 11.3 Å². The average molecular weight is 386 g/mol. The quantitative estimate of drug-likeness (QED) is 0.742. The van der Waals surface area contributed by atoms with E-state index < -0.39 is 0 Å². The largest absolute Gasteiger partial charge is 0.353 e. The van der Waals surface area contributed by atoms with E-state index in [-0.39, 0.29) is 0 Å². The van der Waals surface area contributed by atoms with Gasteiger partial charge >= 0.3 is 0 Å². The lowest BCUT2D eigenvalue weighted by molar-refractivity contribution is 1.44. The first-order valence-corrected chi connectivity index (χ1v) is 6.98. The standard InChI is InChI=1S/C13H7Br2ClN2/c14-9-1-4-12(8(5-9)7-17)18-13-6-10(16)2-3-11(13)15/h1-6,18H. The van der Waals surface area contributed by atoms with Gasteiger partial charge in [0.2, 0.25) is 0 Å². The van der Waals surface area contributed by atoms with Gasteiger partial charge in [0.05, 0.1) is 16.9 Å². The molecule has 90 valence electrons. The van der Waals surface area contributed by atoms with E-state index in [1.807, 2.05) is 18.2 Å². The van der Waals surface area contributed by atoms with Crippen LogP contribution in [0.1, 0.15) is 5.56 Å². The van der Waals surface area contributed by atoms with Crippen LogP contribution in [-0.2, 0) is 0 Å². The normalized spacial score (nSPS) is 9.89. The lowest BCUT2D eigenvalue weighted by atomic mass is 10.2. The number of nitriles is 1. The van der Waals surface area contributed by atoms with E-state index in [2.05, 4.69) is 43.2 Å². The highest BCUT2D eigenvalue weighted by atomic mass is 79.9. The van der Waals surface area contributed by atoms with Crippen molar-refractivity contribution in [2.45, 2.75) is 0 Å². The fourth-order valence-corrected chi connectivity index (χ4v) is 2.34. The van der Waals surface area contributed by atoms with E-state index in [1.165, 1.54) is 0 Å². The first-order valence-electron chi connectivity index (χ1n) is 5.02. The second kappa shape index (κ2) is 5.75. The number of nitrogens with zero attached hydrogens (tertiary/aromatic N) is 1. The third kappa shape index (κ3) is 3.05. The molecule has 1 N–H and O–H groups in total. The summed E-state index contributed by atoms with van der Waals surface area (Å²) in [5.41, 5.74) is 2.13. The molecule has 0 spiro atoms. The Morgan fingerprint density at radius 2 is 1.83 bits per heavy atom. The smallest absolute Gasteiger partial charge is 0.101 e. The summed E-state index contributed by atoms with van der Waals surface area (Å²) >= 11 is 12.7. The van der Waals surface area contributed by atoms with Gasteiger partial charge in [-0.05, 0) is 52.3 Å². The van der Waals surface area contributed by atoms with E-state index in [0.29, 0.717) is 10.6 Å². The monoisotopic (exact) mass is 384 g/mol. The van der Waals surface area contributed by atoms with Crippen LogP contribution in [-0.4, -0.2) is 0 Å². The molecule has 2 nitrogen and oxygen atoms in total. The molecule has 2 rings (SSSR count). The molecule has 0 fully saturated rings. The zero-order chi connectivity index (χ0) is 13.1. The molecule has 0 amide bonds. The Balaban J connectivity index is 2.40. The van der Waals surface area contributed by atoms with Gasteiger partial charge in [-0.3, -0.25) is 0 Å². The number of nitrogens with one attached hydrogen (secondary N) is 1. The number of halogens is 3. The number of hydrogen-bond donors (Lipinski definition) is 1. The van der Waals surface area contributed by atoms with Crippen LogP contribution in [0.15, 0.2) is 45.3 Å². The van der Waals surface area contributed by atoms with E-state index in [4.69, 9.17) is 16.9 Å². The fraction of sp³-hybridized carbons (Fsp3) is 0. The summed E-state index contributed by atoms with van der Waals surface area (Å²) in [7, 11) is 0. The van der Waals surface area contributed by atoms with Gasteiger partial charge in [0.1, 0.15) is 6.07 Å². The second-order valence-electron chi connectivity index (χ2n) is 3.55. The molecule has 2 aromatic rings. The number of hydrogen-bond acceptors (Lipinski definition) is 2. The van der Waals surface area contributed by atoms with Crippen molar-refractivity contribution >= 4 is 54.8 Å². The maximum absolute atomic E-state index is 9.10. The van der Waals surface area contributed by atoms with Crippen LogP contribution >= 0.6 is 43.5 Å². The van der Waals surface area contributed by atoms with Crippen LogP contribution in [0.3, 0.4) is 0 Å². The molecular weight excluding hydrogens is 379 g/mol. The zero-order valence-electron chi connectivity index (χ0n) is 9.05. The summed E-state index contributed by atoms with van der Waals surface area (Å²) in [5, 5.41) is 12.9. The highest BCUT2D eigenvalue weighted by Gasteiger charge is 2.06. The van der Waals surface area contributed by atoms with E-state index in [9.17, 15) is 0 Å². The molecule has 0 heterocycles. The number of benzene rings is 2. The summed E-state index contributed by atoms with van der Waals surface area (Å²) in [4.78, 5) is 0. The van der Waals surface area contributed by atoms with Crippen molar-refractivity contribution in [2.24, 2.45) is 0 Å². The Kier molecular flexibility index (Phi) is 4.28. The highest BCUT2D eigenvalue weighted by molar-refractivity contribution is 9.10. The molecule has 0 aromatic heterocycles. The summed E-state index contributed by atoms with van der Waals surface area (Å²) in [6.07, 6.45) is 0. The Hall–Kier alpha value is -1.02. The first-order chi connectivity index (χ1) is 8.60. The van der Waals surface area contributed by atoms with Crippen LogP contribution in [0.25, 0.3) is 0 Å². The van der Waals surface area contributed by atoms with Crippen molar-refractivity contribution in [1.82, 2.24) is 0 Å². The van der Waals surface area contributed by atoms with Crippen molar-refractivity contribution in [1.29, 1.82) is 5.26 Å². The van der Waals surface area contributed by atoms with E-state index in [1.54, 1.807) is 18.2 Å². The third-order valence-corrected chi connectivity index (χ3v) is 3.72. The second-order valence-corrected chi connectivity index (χ2v) is 5.76. The van der Waals surface area contributed by atoms with Crippen molar-refractivity contribution < 1.29 is 0 Å². The summed E-state index contributed by atoms with van der Waals surface area (Å²) in [6, 6.07) is 13.1. The molecule has 0 aliphatic rings. The first kappa shape index (κ1) is 13.4. The molecule has 0 radical (unpaired) electrons. The van der Waals surface area contributed by atoms with Gasteiger partial charge in [0.15, 0.2) is 0 Å². The van der Waals surface area contributed by atoms with Crippen LogP contribution in [0.2, 0.25) is 5.02 Å². The topological polar surface area (TPSA) is 35.8 Å². The molecule has 0 atom stereocenters. The predicted octanol–water partition coefficient (Wildman–Crippen LogP) is 5.48. The average Bonchev–Trinajstić information content (AvgIpc) is 2.36. The lowest BCUT2D eigenvalue weighted by Gasteiger charge is -2.10. The minimum atomic E-state index is 0.566. The highest BCUT2D eigenvalue weighted by Crippen LogP contribution is 2.30. The fourth-order valence-electron chi connectivity index (χ4n) is 1.46. The Morgan fingerprint density at radius 3 is 2.56 bits per heavy atom. The van der Waals surface area contributed by atoms with Crippen molar-refractivity contribution in [3.05, 3.63) is 55.9 Å². The van der Waals surface area contributed by atoms with E-state index in [0.717, 1.165) is 20.3 Å². The van der Waals surface area contributed by atoms with Crippen LogP contribution in [0.5, 0.6) is 0 Å². The van der Waals surface area contributed by atoms with Crippen molar-refractivity contribution in [2.75, 3.05) is 5.32 Å². The van der Waals surface area contributed by atoms with Gasteiger partial charge in [-0.2, -0.15) is 5.26 Å². The number of anilines is 2. The van der Waals surface area contributed by atoms with Crippen LogP contribution in [0.4, 0.5) is 11.4 Å². The summed E-state index contributed by atoms with van der Waals surface area (Å²) < 4.78 is 1.76. The Labute approximate surface area is 127 Å². The molecule has 0 bridgehead atoms. The van der Waals surface area contributed by atoms with Crippen LogP contribution < -0.4 is 5.32 Å². The van der Waals surface area contributed by atoms with E-state index >= 15 is 0 Å². The molecule has 18 heavy (non-hydrogen) atoms. The zero-order valence-corrected chi connectivity index (χ0v) is 13.0. The van der Waals surface area contributed by atoms with Gasteiger partial charge in [-0.15, -0.1) is 0 Å². The van der Waals surface area contributed by atoms with Gasteiger partial charge in [-0.1, -0.05) is 27.5 Å². The molecule has 0 unspecified atom stereocenters. The third-order valence-electron chi connectivity index (χ3n) is 2.30. The lowest BCUT2D eigenvalue weighted by Crippen LogP contribution is -1.94. The molecule has 0 aliphatic heterocycles. The minimum Gasteiger partial charge on any atom is -0.353 e. The summed E-state index contributed by atoms with van der Waals surface area (Å²) in [6.45, 7) is 0. The Bertz CT molecular complexity index is 635. The molecule has 5 heteroatoms. The van der Waals surface area contributed by atoms with Crippen molar-refractivity contribution in [3.8, 4) is 6.07 Å². The SMILES string of the molecule is N#Cc1cc(Br)ccc1Nc1cc(Cl)ccc1Br. The molecule has 0 aliphatic carbocycles. The van der Waals surface area contributed by atoms with Gasteiger partial charge in [0, 0.05) is 14.0 Å². The minimum absolute atomic E-state index is 0.566. The van der Waals surface area contributed by atoms with Gasteiger partial charge < -0.3 is 5.32 Å². The predicted molar refractivity (Wildman–Crippen MR) is 81.3 cm³/mol. The van der Waals surface area contributed by atoms with Gasteiger partial charge in [-0.25, -0.2) is 0 Å². The van der Waals surface area contributed by atoms with Crippen molar-refractivity contribution in [3.63, 3.8) is 0 Å². The Morgan fingerprint density at radius 1 is 1.06 bits per heavy atom. The molecule has 0 saturated heterocycles. The maximum atomic E-state index is 9.10. The molecule has 0 saturated carbocycles.